The third-order valence-corrected chi connectivity index (χ3v) is 2.45. The first-order chi connectivity index (χ1) is 9.27. The molecule has 1 amide bonds. The summed E-state index contributed by atoms with van der Waals surface area (Å²) in [6, 6.07) is 1.78. The van der Waals surface area contributed by atoms with E-state index in [2.05, 4.69) is 15.6 Å². The second kappa shape index (κ2) is 9.29. The summed E-state index contributed by atoms with van der Waals surface area (Å²) < 4.78 is 9.84. The molecule has 0 atom stereocenters. The van der Waals surface area contributed by atoms with Crippen LogP contribution in [0.3, 0.4) is 0 Å². The average molecular weight is 267 g/mol. The molecule has 0 saturated carbocycles. The van der Waals surface area contributed by atoms with Gasteiger partial charge in [0.15, 0.2) is 0 Å². The van der Waals surface area contributed by atoms with Crippen LogP contribution in [0.25, 0.3) is 0 Å². The molecule has 0 spiro atoms. The number of aromatic nitrogens is 1. The standard InChI is InChI=1S/C13H21N3O3/c1-18-6-3-4-15-12-8-11(9-14-10-12)13(17)16-5-7-19-2/h8-10,15H,3-7H2,1-2H3,(H,16,17). The number of carbonyl (C=O) groups excluding carboxylic acids is 1. The van der Waals surface area contributed by atoms with Gasteiger partial charge in [-0.05, 0) is 12.5 Å². The molecule has 106 valence electrons. The van der Waals surface area contributed by atoms with Crippen LogP contribution in [0.1, 0.15) is 16.8 Å². The molecule has 6 heteroatoms. The zero-order chi connectivity index (χ0) is 13.9. The molecular formula is C13H21N3O3. The van der Waals surface area contributed by atoms with Gasteiger partial charge in [0.05, 0.1) is 17.9 Å². The van der Waals surface area contributed by atoms with Gasteiger partial charge in [0.1, 0.15) is 0 Å². The first-order valence-electron chi connectivity index (χ1n) is 6.23. The summed E-state index contributed by atoms with van der Waals surface area (Å²) in [7, 11) is 3.27. The van der Waals surface area contributed by atoms with Crippen molar-refractivity contribution in [3.05, 3.63) is 24.0 Å². The number of hydrogen-bond donors (Lipinski definition) is 2. The lowest BCUT2D eigenvalue weighted by Gasteiger charge is -2.08. The normalized spacial score (nSPS) is 10.2. The molecule has 0 fully saturated rings. The van der Waals surface area contributed by atoms with Crippen molar-refractivity contribution in [1.29, 1.82) is 0 Å². The highest BCUT2D eigenvalue weighted by Gasteiger charge is 2.05. The summed E-state index contributed by atoms with van der Waals surface area (Å²) >= 11 is 0. The number of nitrogens with one attached hydrogen (secondary N) is 2. The van der Waals surface area contributed by atoms with Crippen molar-refractivity contribution >= 4 is 11.6 Å². The number of pyridine rings is 1. The van der Waals surface area contributed by atoms with E-state index >= 15 is 0 Å². The lowest BCUT2D eigenvalue weighted by molar-refractivity contribution is 0.0937. The molecule has 1 heterocycles. The molecule has 0 aromatic carbocycles. The van der Waals surface area contributed by atoms with E-state index in [1.807, 2.05) is 0 Å². The SMILES string of the molecule is COCCCNc1cncc(C(=O)NCCOC)c1. The number of ether oxygens (including phenoxy) is 2. The summed E-state index contributed by atoms with van der Waals surface area (Å²) in [4.78, 5) is 15.8. The molecule has 0 aliphatic heterocycles. The Morgan fingerprint density at radius 3 is 2.74 bits per heavy atom. The van der Waals surface area contributed by atoms with Crippen molar-refractivity contribution in [3.8, 4) is 0 Å². The summed E-state index contributed by atoms with van der Waals surface area (Å²) in [5.74, 6) is -0.148. The quantitative estimate of drug-likeness (QED) is 0.651. The van der Waals surface area contributed by atoms with E-state index in [0.717, 1.165) is 18.7 Å². The molecule has 0 unspecified atom stereocenters. The molecule has 0 aliphatic rings. The zero-order valence-corrected chi connectivity index (χ0v) is 11.4. The summed E-state index contributed by atoms with van der Waals surface area (Å²) in [6.07, 6.45) is 4.14. The van der Waals surface area contributed by atoms with E-state index in [1.54, 1.807) is 32.7 Å². The molecule has 19 heavy (non-hydrogen) atoms. The minimum Gasteiger partial charge on any atom is -0.385 e. The third kappa shape index (κ3) is 6.17. The third-order valence-electron chi connectivity index (χ3n) is 2.45. The number of hydrogen-bond acceptors (Lipinski definition) is 5. The number of amides is 1. The number of rotatable bonds is 9. The highest BCUT2D eigenvalue weighted by atomic mass is 16.5. The Labute approximate surface area is 113 Å². The van der Waals surface area contributed by atoms with Crippen LogP contribution in [-0.4, -0.2) is 51.4 Å². The predicted molar refractivity (Wildman–Crippen MR) is 73.4 cm³/mol. The molecule has 1 aromatic heterocycles. The molecule has 0 aliphatic carbocycles. The maximum atomic E-state index is 11.8. The summed E-state index contributed by atoms with van der Waals surface area (Å²) in [6.45, 7) is 2.47. The highest BCUT2D eigenvalue weighted by Crippen LogP contribution is 2.08. The monoisotopic (exact) mass is 267 g/mol. The molecule has 0 bridgehead atoms. The minimum absolute atomic E-state index is 0.148. The number of nitrogens with zero attached hydrogens (tertiary/aromatic N) is 1. The van der Waals surface area contributed by atoms with Crippen molar-refractivity contribution < 1.29 is 14.3 Å². The van der Waals surface area contributed by atoms with E-state index in [-0.39, 0.29) is 5.91 Å². The Balaban J connectivity index is 2.44. The smallest absolute Gasteiger partial charge is 0.253 e. The van der Waals surface area contributed by atoms with Crippen molar-refractivity contribution in [2.45, 2.75) is 6.42 Å². The van der Waals surface area contributed by atoms with E-state index in [9.17, 15) is 4.79 Å². The highest BCUT2D eigenvalue weighted by molar-refractivity contribution is 5.94. The molecule has 1 aromatic rings. The van der Waals surface area contributed by atoms with Crippen molar-refractivity contribution in [1.82, 2.24) is 10.3 Å². The van der Waals surface area contributed by atoms with E-state index in [4.69, 9.17) is 9.47 Å². The van der Waals surface area contributed by atoms with Gasteiger partial charge in [-0.25, -0.2) is 0 Å². The Morgan fingerprint density at radius 1 is 1.21 bits per heavy atom. The minimum atomic E-state index is -0.148. The molecule has 1 rings (SSSR count). The zero-order valence-electron chi connectivity index (χ0n) is 11.4. The van der Waals surface area contributed by atoms with Crippen LogP contribution in [0.2, 0.25) is 0 Å². The Hall–Kier alpha value is -1.66. The lowest BCUT2D eigenvalue weighted by atomic mass is 10.2. The van der Waals surface area contributed by atoms with Crippen LogP contribution in [0.5, 0.6) is 0 Å². The van der Waals surface area contributed by atoms with Crippen LogP contribution in [0, 0.1) is 0 Å². The van der Waals surface area contributed by atoms with Gasteiger partial charge in [0, 0.05) is 46.3 Å². The van der Waals surface area contributed by atoms with Crippen LogP contribution in [0.4, 0.5) is 5.69 Å². The summed E-state index contributed by atoms with van der Waals surface area (Å²) in [5.41, 5.74) is 1.36. The van der Waals surface area contributed by atoms with Crippen molar-refractivity contribution in [2.24, 2.45) is 0 Å². The predicted octanol–water partition coefficient (Wildman–Crippen LogP) is 0.906. The van der Waals surface area contributed by atoms with Crippen LogP contribution < -0.4 is 10.6 Å². The van der Waals surface area contributed by atoms with Gasteiger partial charge in [0.25, 0.3) is 5.91 Å². The molecule has 6 nitrogen and oxygen atoms in total. The van der Waals surface area contributed by atoms with Crippen LogP contribution in [0.15, 0.2) is 18.5 Å². The van der Waals surface area contributed by atoms with Gasteiger partial charge in [-0.2, -0.15) is 0 Å². The van der Waals surface area contributed by atoms with Crippen molar-refractivity contribution in [2.75, 3.05) is 45.8 Å². The average Bonchev–Trinajstić information content (AvgIpc) is 2.44. The second-order valence-corrected chi connectivity index (χ2v) is 3.98. The molecular weight excluding hydrogens is 246 g/mol. The second-order valence-electron chi connectivity index (χ2n) is 3.98. The number of methoxy groups -OCH3 is 2. The maximum Gasteiger partial charge on any atom is 0.253 e. The number of anilines is 1. The fraction of sp³-hybridized carbons (Fsp3) is 0.538. The fourth-order valence-corrected chi connectivity index (χ4v) is 1.48. The largest absolute Gasteiger partial charge is 0.385 e. The number of carbonyl (C=O) groups is 1. The van der Waals surface area contributed by atoms with E-state index < -0.39 is 0 Å². The lowest BCUT2D eigenvalue weighted by Crippen LogP contribution is -2.27. The van der Waals surface area contributed by atoms with E-state index in [1.165, 1.54) is 0 Å². The first-order valence-corrected chi connectivity index (χ1v) is 6.23. The fourth-order valence-electron chi connectivity index (χ4n) is 1.48. The first kappa shape index (κ1) is 15.4. The van der Waals surface area contributed by atoms with Gasteiger partial charge in [-0.3, -0.25) is 9.78 Å². The van der Waals surface area contributed by atoms with E-state index in [0.29, 0.717) is 25.3 Å². The Bertz CT molecular complexity index is 385. The van der Waals surface area contributed by atoms with Crippen LogP contribution in [-0.2, 0) is 9.47 Å². The van der Waals surface area contributed by atoms with Gasteiger partial charge < -0.3 is 20.1 Å². The Kier molecular flexibility index (Phi) is 7.53. The van der Waals surface area contributed by atoms with Crippen LogP contribution >= 0.6 is 0 Å². The molecule has 2 N–H and O–H groups in total. The van der Waals surface area contributed by atoms with Gasteiger partial charge in [-0.1, -0.05) is 0 Å². The van der Waals surface area contributed by atoms with Gasteiger partial charge in [-0.15, -0.1) is 0 Å². The van der Waals surface area contributed by atoms with Gasteiger partial charge >= 0.3 is 0 Å². The molecule has 0 saturated heterocycles. The maximum absolute atomic E-state index is 11.8. The Morgan fingerprint density at radius 2 is 2.00 bits per heavy atom. The van der Waals surface area contributed by atoms with Crippen molar-refractivity contribution in [3.63, 3.8) is 0 Å². The topological polar surface area (TPSA) is 72.5 Å². The summed E-state index contributed by atoms with van der Waals surface area (Å²) in [5, 5.41) is 5.95. The van der Waals surface area contributed by atoms with Gasteiger partial charge in [0.2, 0.25) is 0 Å². The molecule has 0 radical (unpaired) electrons.